The largest absolute Gasteiger partial charge is 0.383 e. The number of halogens is 1. The van der Waals surface area contributed by atoms with Crippen molar-refractivity contribution in [3.05, 3.63) is 22.8 Å². The van der Waals surface area contributed by atoms with Crippen molar-refractivity contribution in [3.63, 3.8) is 0 Å². The lowest BCUT2D eigenvalue weighted by Gasteiger charge is -2.23. The van der Waals surface area contributed by atoms with Crippen LogP contribution in [0.25, 0.3) is 0 Å². The molecule has 1 heterocycles. The standard InChI is InChI=1S/C13H20ClN3S/c14-9-6-11(13(16)17-7-9)12(15)8-18-10-4-2-1-3-5-10/h6-7,10,12H,1-5,8,15H2,(H2,16,17). The van der Waals surface area contributed by atoms with E-state index in [1.807, 2.05) is 17.8 Å². The number of nitrogen functional groups attached to an aromatic ring is 1. The van der Waals surface area contributed by atoms with Crippen LogP contribution in [0.2, 0.25) is 5.02 Å². The Labute approximate surface area is 118 Å². The fourth-order valence-corrected chi connectivity index (χ4v) is 3.82. The van der Waals surface area contributed by atoms with Crippen molar-refractivity contribution in [2.75, 3.05) is 11.5 Å². The Morgan fingerprint density at radius 3 is 2.83 bits per heavy atom. The molecule has 5 heteroatoms. The molecule has 3 nitrogen and oxygen atoms in total. The molecule has 1 fully saturated rings. The van der Waals surface area contributed by atoms with Crippen LogP contribution in [-0.2, 0) is 0 Å². The smallest absolute Gasteiger partial charge is 0.128 e. The van der Waals surface area contributed by atoms with Crippen molar-refractivity contribution in [2.24, 2.45) is 5.73 Å². The van der Waals surface area contributed by atoms with Gasteiger partial charge in [-0.25, -0.2) is 4.98 Å². The van der Waals surface area contributed by atoms with Crippen LogP contribution >= 0.6 is 23.4 Å². The summed E-state index contributed by atoms with van der Waals surface area (Å²) in [4.78, 5) is 4.05. The summed E-state index contributed by atoms with van der Waals surface area (Å²) < 4.78 is 0. The van der Waals surface area contributed by atoms with Gasteiger partial charge in [0.25, 0.3) is 0 Å². The third-order valence-electron chi connectivity index (χ3n) is 3.38. The van der Waals surface area contributed by atoms with Crippen LogP contribution in [0.3, 0.4) is 0 Å². The average Bonchev–Trinajstić information content (AvgIpc) is 2.40. The molecule has 1 aliphatic carbocycles. The van der Waals surface area contributed by atoms with E-state index >= 15 is 0 Å². The van der Waals surface area contributed by atoms with Crippen LogP contribution in [0.1, 0.15) is 43.7 Å². The van der Waals surface area contributed by atoms with Crippen molar-refractivity contribution in [1.29, 1.82) is 0 Å². The first-order chi connectivity index (χ1) is 8.66. The minimum absolute atomic E-state index is 0.0804. The Morgan fingerprint density at radius 1 is 1.39 bits per heavy atom. The summed E-state index contributed by atoms with van der Waals surface area (Å²) in [6.45, 7) is 0. The molecule has 1 atom stereocenters. The highest BCUT2D eigenvalue weighted by Gasteiger charge is 2.17. The van der Waals surface area contributed by atoms with E-state index in [1.165, 1.54) is 32.1 Å². The monoisotopic (exact) mass is 285 g/mol. The summed E-state index contributed by atoms with van der Waals surface area (Å²) in [5, 5.41) is 1.36. The number of hydrogen-bond acceptors (Lipinski definition) is 4. The summed E-state index contributed by atoms with van der Waals surface area (Å²) in [6.07, 6.45) is 8.29. The number of aromatic nitrogens is 1. The molecule has 0 radical (unpaired) electrons. The van der Waals surface area contributed by atoms with E-state index in [-0.39, 0.29) is 6.04 Å². The number of anilines is 1. The van der Waals surface area contributed by atoms with Gasteiger partial charge in [-0.15, -0.1) is 0 Å². The second-order valence-corrected chi connectivity index (χ2v) is 6.60. The van der Waals surface area contributed by atoms with E-state index < -0.39 is 0 Å². The number of thioether (sulfide) groups is 1. The molecule has 0 aromatic carbocycles. The first-order valence-corrected chi connectivity index (χ1v) is 7.87. The fraction of sp³-hybridized carbons (Fsp3) is 0.615. The van der Waals surface area contributed by atoms with Crippen molar-refractivity contribution < 1.29 is 0 Å². The Kier molecular flexibility index (Phi) is 5.15. The van der Waals surface area contributed by atoms with Crippen LogP contribution in [0, 0.1) is 0 Å². The molecular weight excluding hydrogens is 266 g/mol. The number of rotatable bonds is 4. The molecular formula is C13H20ClN3S. The number of pyridine rings is 1. The molecule has 0 saturated heterocycles. The molecule has 1 saturated carbocycles. The topological polar surface area (TPSA) is 64.9 Å². The quantitative estimate of drug-likeness (QED) is 0.890. The third-order valence-corrected chi connectivity index (χ3v) is 5.08. The van der Waals surface area contributed by atoms with Gasteiger partial charge in [0.2, 0.25) is 0 Å². The molecule has 18 heavy (non-hydrogen) atoms. The molecule has 1 aromatic rings. The molecule has 1 aliphatic rings. The molecule has 0 aliphatic heterocycles. The van der Waals surface area contributed by atoms with Crippen LogP contribution in [-0.4, -0.2) is 16.0 Å². The highest BCUT2D eigenvalue weighted by Crippen LogP contribution is 2.31. The Hall–Kier alpha value is -0.450. The van der Waals surface area contributed by atoms with Gasteiger partial charge >= 0.3 is 0 Å². The van der Waals surface area contributed by atoms with Crippen LogP contribution < -0.4 is 11.5 Å². The SMILES string of the molecule is Nc1ncc(Cl)cc1C(N)CSC1CCCCC1. The van der Waals surface area contributed by atoms with Crippen molar-refractivity contribution >= 4 is 29.2 Å². The highest BCUT2D eigenvalue weighted by atomic mass is 35.5. The van der Waals surface area contributed by atoms with Crippen molar-refractivity contribution in [3.8, 4) is 0 Å². The van der Waals surface area contributed by atoms with E-state index in [4.69, 9.17) is 23.1 Å². The first-order valence-electron chi connectivity index (χ1n) is 6.45. The van der Waals surface area contributed by atoms with E-state index in [0.717, 1.165) is 16.6 Å². The molecule has 0 amide bonds. The van der Waals surface area contributed by atoms with Crippen molar-refractivity contribution in [2.45, 2.75) is 43.4 Å². The minimum atomic E-state index is -0.0804. The Morgan fingerprint density at radius 2 is 2.11 bits per heavy atom. The summed E-state index contributed by atoms with van der Waals surface area (Å²) in [7, 11) is 0. The second kappa shape index (κ2) is 6.64. The van der Waals surface area contributed by atoms with E-state index in [0.29, 0.717) is 10.8 Å². The van der Waals surface area contributed by atoms with Gasteiger partial charge in [0.05, 0.1) is 5.02 Å². The van der Waals surface area contributed by atoms with Crippen LogP contribution in [0.4, 0.5) is 5.82 Å². The van der Waals surface area contributed by atoms with Gasteiger partial charge in [-0.2, -0.15) is 11.8 Å². The molecule has 1 aromatic heterocycles. The fourth-order valence-electron chi connectivity index (χ4n) is 2.32. The number of hydrogen-bond donors (Lipinski definition) is 2. The lowest BCUT2D eigenvalue weighted by atomic mass is 10.0. The molecule has 100 valence electrons. The van der Waals surface area contributed by atoms with Gasteiger partial charge in [0, 0.05) is 28.8 Å². The predicted molar refractivity (Wildman–Crippen MR) is 79.9 cm³/mol. The molecule has 4 N–H and O–H groups in total. The molecule has 1 unspecified atom stereocenters. The maximum atomic E-state index is 6.18. The normalized spacial score (nSPS) is 18.8. The first kappa shape index (κ1) is 14.0. The Bertz CT molecular complexity index is 394. The summed E-state index contributed by atoms with van der Waals surface area (Å²) >= 11 is 7.89. The van der Waals surface area contributed by atoms with Gasteiger partial charge in [-0.05, 0) is 18.9 Å². The zero-order valence-corrected chi connectivity index (χ0v) is 12.0. The van der Waals surface area contributed by atoms with Gasteiger partial charge in [-0.3, -0.25) is 0 Å². The molecule has 2 rings (SSSR count). The number of nitrogens with zero attached hydrogens (tertiary/aromatic N) is 1. The lowest BCUT2D eigenvalue weighted by Crippen LogP contribution is -2.18. The van der Waals surface area contributed by atoms with Gasteiger partial charge in [-0.1, -0.05) is 30.9 Å². The average molecular weight is 286 g/mol. The van der Waals surface area contributed by atoms with Gasteiger partial charge < -0.3 is 11.5 Å². The minimum Gasteiger partial charge on any atom is -0.383 e. The van der Waals surface area contributed by atoms with Crippen molar-refractivity contribution in [1.82, 2.24) is 4.98 Å². The third kappa shape index (κ3) is 3.77. The Balaban J connectivity index is 1.90. The lowest BCUT2D eigenvalue weighted by molar-refractivity contribution is 0.515. The van der Waals surface area contributed by atoms with E-state index in [2.05, 4.69) is 4.98 Å². The summed E-state index contributed by atoms with van der Waals surface area (Å²) in [5.74, 6) is 1.38. The zero-order valence-electron chi connectivity index (χ0n) is 10.4. The predicted octanol–water partition coefficient (Wildman–Crippen LogP) is 3.38. The zero-order chi connectivity index (χ0) is 13.0. The van der Waals surface area contributed by atoms with Crippen LogP contribution in [0.5, 0.6) is 0 Å². The van der Waals surface area contributed by atoms with Crippen LogP contribution in [0.15, 0.2) is 12.3 Å². The number of nitrogens with two attached hydrogens (primary N) is 2. The maximum absolute atomic E-state index is 6.18. The second-order valence-electron chi connectivity index (χ2n) is 4.83. The van der Waals surface area contributed by atoms with Gasteiger partial charge in [0.1, 0.15) is 5.82 Å². The maximum Gasteiger partial charge on any atom is 0.128 e. The van der Waals surface area contributed by atoms with Gasteiger partial charge in [0.15, 0.2) is 0 Å². The van der Waals surface area contributed by atoms with E-state index in [9.17, 15) is 0 Å². The molecule has 0 spiro atoms. The highest BCUT2D eigenvalue weighted by molar-refractivity contribution is 7.99. The summed E-state index contributed by atoms with van der Waals surface area (Å²) in [5.41, 5.74) is 12.9. The molecule has 0 bridgehead atoms. The summed E-state index contributed by atoms with van der Waals surface area (Å²) in [6, 6.07) is 1.75. The van der Waals surface area contributed by atoms with E-state index in [1.54, 1.807) is 6.20 Å².